The summed E-state index contributed by atoms with van der Waals surface area (Å²) in [5.41, 5.74) is -0.747. The molecule has 1 amide bonds. The third-order valence-corrected chi connectivity index (χ3v) is 3.03. The van der Waals surface area contributed by atoms with E-state index in [0.29, 0.717) is 0 Å². The van der Waals surface area contributed by atoms with Crippen molar-refractivity contribution in [2.24, 2.45) is 0 Å². The van der Waals surface area contributed by atoms with Gasteiger partial charge in [-0.25, -0.2) is 17.9 Å². The number of nitrogens with one attached hydrogen (secondary N) is 1. The van der Waals surface area contributed by atoms with Gasteiger partial charge in [0.1, 0.15) is 5.82 Å². The third-order valence-electron chi connectivity index (χ3n) is 3.03. The summed E-state index contributed by atoms with van der Waals surface area (Å²) in [6, 6.07) is 6.27. The molecule has 0 spiro atoms. The highest BCUT2D eigenvalue weighted by Gasteiger charge is 2.27. The summed E-state index contributed by atoms with van der Waals surface area (Å²) in [7, 11) is 0. The quantitative estimate of drug-likeness (QED) is 0.792. The van der Waals surface area contributed by atoms with Gasteiger partial charge in [0.25, 0.3) is 12.3 Å². The standard InChI is InChI=1S/C14H9F3N6O/c15-8-1-3-10(4-2-8)23-12(11(13(16)17)21-22-23)14(24)20-9-5-6-18-19-7-9/h1-7,13H,(H,18,20,24). The van der Waals surface area contributed by atoms with Crippen molar-refractivity contribution < 1.29 is 18.0 Å². The molecule has 0 aliphatic heterocycles. The van der Waals surface area contributed by atoms with Crippen molar-refractivity contribution >= 4 is 11.6 Å². The fourth-order valence-corrected chi connectivity index (χ4v) is 1.97. The Bertz CT molecular complexity index is 851. The fraction of sp³-hybridized carbons (Fsp3) is 0.0714. The van der Waals surface area contributed by atoms with E-state index in [1.807, 2.05) is 0 Å². The number of anilines is 1. The van der Waals surface area contributed by atoms with Gasteiger partial charge in [0.05, 0.1) is 23.8 Å². The van der Waals surface area contributed by atoms with Crippen LogP contribution in [0.1, 0.15) is 22.6 Å². The highest BCUT2D eigenvalue weighted by Crippen LogP contribution is 2.23. The number of alkyl halides is 2. The maximum absolute atomic E-state index is 13.1. The summed E-state index contributed by atoms with van der Waals surface area (Å²) in [5, 5.41) is 16.5. The maximum atomic E-state index is 13.1. The SMILES string of the molecule is O=C(Nc1ccnnc1)c1c(C(F)F)nnn1-c1ccc(F)cc1. The number of rotatable bonds is 4. The van der Waals surface area contributed by atoms with Crippen LogP contribution in [0.3, 0.4) is 0 Å². The molecule has 2 heterocycles. The molecule has 2 aromatic heterocycles. The Morgan fingerprint density at radius 1 is 1.12 bits per heavy atom. The topological polar surface area (TPSA) is 85.6 Å². The lowest BCUT2D eigenvalue weighted by Crippen LogP contribution is -2.19. The summed E-state index contributed by atoms with van der Waals surface area (Å²) in [6.45, 7) is 0. The van der Waals surface area contributed by atoms with Crippen molar-refractivity contribution in [1.82, 2.24) is 25.2 Å². The Hall–Kier alpha value is -3.30. The summed E-state index contributed by atoms with van der Waals surface area (Å²) < 4.78 is 40.2. The molecular weight excluding hydrogens is 325 g/mol. The molecule has 0 unspecified atom stereocenters. The molecular formula is C14H9F3N6O. The molecule has 24 heavy (non-hydrogen) atoms. The van der Waals surface area contributed by atoms with E-state index in [0.717, 1.165) is 16.8 Å². The zero-order chi connectivity index (χ0) is 17.1. The molecule has 1 N–H and O–H groups in total. The molecule has 0 saturated carbocycles. The van der Waals surface area contributed by atoms with Gasteiger partial charge in [-0.2, -0.15) is 10.2 Å². The predicted molar refractivity (Wildman–Crippen MR) is 76.3 cm³/mol. The van der Waals surface area contributed by atoms with Crippen LogP contribution in [0.5, 0.6) is 0 Å². The van der Waals surface area contributed by atoms with E-state index in [1.165, 1.54) is 30.6 Å². The minimum absolute atomic E-state index is 0.216. The Balaban J connectivity index is 2.02. The largest absolute Gasteiger partial charge is 0.319 e. The highest BCUT2D eigenvalue weighted by molar-refractivity contribution is 6.04. The molecule has 0 fully saturated rings. The lowest BCUT2D eigenvalue weighted by molar-refractivity contribution is 0.0999. The molecule has 10 heteroatoms. The summed E-state index contributed by atoms with van der Waals surface area (Å²) in [6.07, 6.45) is -0.416. The highest BCUT2D eigenvalue weighted by atomic mass is 19.3. The van der Waals surface area contributed by atoms with Crippen molar-refractivity contribution in [2.75, 3.05) is 5.32 Å². The zero-order valence-electron chi connectivity index (χ0n) is 11.9. The molecule has 0 saturated heterocycles. The van der Waals surface area contributed by atoms with Crippen LogP contribution in [-0.2, 0) is 0 Å². The minimum atomic E-state index is -3.00. The number of hydrogen-bond acceptors (Lipinski definition) is 5. The van der Waals surface area contributed by atoms with Crippen LogP contribution < -0.4 is 5.32 Å². The number of aromatic nitrogens is 5. The third kappa shape index (κ3) is 3.07. The van der Waals surface area contributed by atoms with Crippen molar-refractivity contribution in [3.8, 4) is 5.69 Å². The number of halogens is 3. The first kappa shape index (κ1) is 15.6. The van der Waals surface area contributed by atoms with Gasteiger partial charge in [0.15, 0.2) is 11.4 Å². The molecule has 7 nitrogen and oxygen atoms in total. The lowest BCUT2D eigenvalue weighted by atomic mass is 10.2. The normalized spacial score (nSPS) is 10.8. The van der Waals surface area contributed by atoms with E-state index in [9.17, 15) is 18.0 Å². The Morgan fingerprint density at radius 3 is 2.50 bits per heavy atom. The van der Waals surface area contributed by atoms with Crippen LogP contribution in [-0.4, -0.2) is 31.1 Å². The molecule has 3 rings (SSSR count). The van der Waals surface area contributed by atoms with Gasteiger partial charge in [-0.1, -0.05) is 5.21 Å². The van der Waals surface area contributed by atoms with Crippen molar-refractivity contribution in [3.05, 3.63) is 59.9 Å². The minimum Gasteiger partial charge on any atom is -0.319 e. The molecule has 0 atom stereocenters. The number of hydrogen-bond donors (Lipinski definition) is 1. The number of carbonyl (C=O) groups excluding carboxylic acids is 1. The van der Waals surface area contributed by atoms with E-state index in [4.69, 9.17) is 0 Å². The van der Waals surface area contributed by atoms with Crippen LogP contribution in [0.15, 0.2) is 42.7 Å². The van der Waals surface area contributed by atoms with Crippen molar-refractivity contribution in [2.45, 2.75) is 6.43 Å². The molecule has 122 valence electrons. The molecule has 0 aliphatic carbocycles. The average molecular weight is 334 g/mol. The van der Waals surface area contributed by atoms with E-state index in [2.05, 4.69) is 25.8 Å². The first-order valence-corrected chi connectivity index (χ1v) is 6.64. The molecule has 0 aliphatic rings. The van der Waals surface area contributed by atoms with Crippen LogP contribution in [0.4, 0.5) is 18.9 Å². The van der Waals surface area contributed by atoms with Gasteiger partial charge < -0.3 is 5.32 Å². The Morgan fingerprint density at radius 2 is 1.88 bits per heavy atom. The van der Waals surface area contributed by atoms with E-state index >= 15 is 0 Å². The molecule has 1 aromatic carbocycles. The van der Waals surface area contributed by atoms with Gasteiger partial charge in [-0.05, 0) is 30.3 Å². The monoisotopic (exact) mass is 334 g/mol. The maximum Gasteiger partial charge on any atom is 0.284 e. The van der Waals surface area contributed by atoms with Crippen LogP contribution in [0, 0.1) is 5.82 Å². The van der Waals surface area contributed by atoms with Gasteiger partial charge in [0.2, 0.25) is 0 Å². The van der Waals surface area contributed by atoms with Crippen LogP contribution in [0.2, 0.25) is 0 Å². The van der Waals surface area contributed by atoms with E-state index in [-0.39, 0.29) is 11.4 Å². The van der Waals surface area contributed by atoms with E-state index in [1.54, 1.807) is 0 Å². The zero-order valence-corrected chi connectivity index (χ0v) is 11.9. The average Bonchev–Trinajstić information content (AvgIpc) is 3.02. The Labute approximate surface area is 133 Å². The summed E-state index contributed by atoms with van der Waals surface area (Å²) >= 11 is 0. The number of nitrogens with zero attached hydrogens (tertiary/aromatic N) is 5. The second-order valence-corrected chi connectivity index (χ2v) is 4.60. The number of carbonyl (C=O) groups is 1. The van der Waals surface area contributed by atoms with Crippen molar-refractivity contribution in [3.63, 3.8) is 0 Å². The van der Waals surface area contributed by atoms with Crippen LogP contribution >= 0.6 is 0 Å². The van der Waals surface area contributed by atoms with Gasteiger partial charge in [-0.15, -0.1) is 5.10 Å². The van der Waals surface area contributed by atoms with Gasteiger partial charge in [-0.3, -0.25) is 4.79 Å². The molecule has 0 radical (unpaired) electrons. The fourth-order valence-electron chi connectivity index (χ4n) is 1.97. The Kier molecular flexibility index (Phi) is 4.18. The summed E-state index contributed by atoms with van der Waals surface area (Å²) in [4.78, 5) is 12.4. The smallest absolute Gasteiger partial charge is 0.284 e. The molecule has 3 aromatic rings. The van der Waals surface area contributed by atoms with Gasteiger partial charge in [0, 0.05) is 0 Å². The van der Waals surface area contributed by atoms with Crippen LogP contribution in [0.25, 0.3) is 5.69 Å². The molecule has 0 bridgehead atoms. The van der Waals surface area contributed by atoms with Crippen molar-refractivity contribution in [1.29, 1.82) is 0 Å². The number of benzene rings is 1. The van der Waals surface area contributed by atoms with E-state index < -0.39 is 29.5 Å². The second kappa shape index (κ2) is 6.44. The van der Waals surface area contributed by atoms with Gasteiger partial charge >= 0.3 is 0 Å². The summed E-state index contributed by atoms with van der Waals surface area (Å²) in [5.74, 6) is -1.37. The first-order chi connectivity index (χ1) is 11.6. The first-order valence-electron chi connectivity index (χ1n) is 6.64. The predicted octanol–water partition coefficient (Wildman–Crippen LogP) is 2.39. The lowest BCUT2D eigenvalue weighted by Gasteiger charge is -2.08. The second-order valence-electron chi connectivity index (χ2n) is 4.60. The number of amides is 1.